The fraction of sp³-hybridized carbons (Fsp3) is 0.909. The quantitative estimate of drug-likeness (QED) is 0.143. The monoisotopic (exact) mass is 346 g/mol. The van der Waals surface area contributed by atoms with Gasteiger partial charge in [0.15, 0.2) is 6.10 Å². The van der Waals surface area contributed by atoms with Gasteiger partial charge in [0.1, 0.15) is 18.3 Å². The summed E-state index contributed by atoms with van der Waals surface area (Å²) >= 11 is 0. The third-order valence-corrected chi connectivity index (χ3v) is 3.20. The minimum Gasteiger partial charge on any atom is -0.464 e. The molecule has 0 aromatic rings. The van der Waals surface area contributed by atoms with Crippen molar-refractivity contribution in [2.24, 2.45) is 0 Å². The molecule has 0 unspecified atom stereocenters. The zero-order valence-corrected chi connectivity index (χ0v) is 13.0. The third-order valence-electron chi connectivity index (χ3n) is 2.71. The van der Waals surface area contributed by atoms with Crippen LogP contribution in [-0.4, -0.2) is 73.8 Å². The average Bonchev–Trinajstić information content (AvgIpc) is 2.45. The van der Waals surface area contributed by atoms with Crippen molar-refractivity contribution in [3.05, 3.63) is 0 Å². The highest BCUT2D eigenvalue weighted by Crippen LogP contribution is 2.35. The first kappa shape index (κ1) is 21.4. The zero-order valence-electron chi connectivity index (χ0n) is 12.1. The van der Waals surface area contributed by atoms with Crippen LogP contribution in [0, 0.1) is 0 Å². The molecule has 0 aromatic carbocycles. The van der Waals surface area contributed by atoms with Gasteiger partial charge in [0, 0.05) is 0 Å². The average molecular weight is 346 g/mol. The summed E-state index contributed by atoms with van der Waals surface area (Å²) in [5.74, 6) is -1.18. The van der Waals surface area contributed by atoms with Crippen LogP contribution < -0.4 is 0 Å². The number of ether oxygens (including phenoxy) is 1. The van der Waals surface area contributed by atoms with Crippen molar-refractivity contribution in [1.29, 1.82) is 0 Å². The number of carbonyl (C=O) groups is 1. The van der Waals surface area contributed by atoms with Gasteiger partial charge >= 0.3 is 13.8 Å². The maximum atomic E-state index is 11.4. The molecule has 0 aliphatic carbocycles. The topological polar surface area (TPSA) is 174 Å². The highest BCUT2D eigenvalue weighted by Gasteiger charge is 2.36. The van der Waals surface area contributed by atoms with E-state index < -0.39 is 44.8 Å². The predicted molar refractivity (Wildman–Crippen MR) is 72.5 cm³/mol. The van der Waals surface area contributed by atoms with Gasteiger partial charge < -0.3 is 34.9 Å². The number of hydrogen-bond acceptors (Lipinski definition) is 8. The lowest BCUT2D eigenvalue weighted by Gasteiger charge is -2.25. The van der Waals surface area contributed by atoms with Crippen LogP contribution in [0.3, 0.4) is 0 Å². The lowest BCUT2D eigenvalue weighted by atomic mass is 10.0. The molecular formula is C11H23O10P. The fourth-order valence-electron chi connectivity index (χ4n) is 1.44. The van der Waals surface area contributed by atoms with Crippen molar-refractivity contribution in [2.75, 3.05) is 13.2 Å². The molecule has 11 heteroatoms. The first-order chi connectivity index (χ1) is 10.1. The molecule has 0 spiro atoms. The van der Waals surface area contributed by atoms with Crippen molar-refractivity contribution in [3.8, 4) is 0 Å². The van der Waals surface area contributed by atoms with Crippen LogP contribution in [0.4, 0.5) is 0 Å². The van der Waals surface area contributed by atoms with E-state index in [4.69, 9.17) is 9.79 Å². The number of hydrogen-bond donors (Lipinski definition) is 6. The number of carbonyl (C=O) groups excluding carboxylic acids is 1. The molecule has 0 fully saturated rings. The minimum absolute atomic E-state index is 0.0381. The number of aliphatic hydroxyl groups excluding tert-OH is 4. The molecule has 0 aliphatic heterocycles. The maximum Gasteiger partial charge on any atom is 0.469 e. The van der Waals surface area contributed by atoms with Gasteiger partial charge in [-0.05, 0) is 6.42 Å². The summed E-state index contributed by atoms with van der Waals surface area (Å²) in [6.45, 7) is 0.981. The summed E-state index contributed by atoms with van der Waals surface area (Å²) in [7, 11) is -4.86. The second kappa shape index (κ2) is 10.2. The van der Waals surface area contributed by atoms with Crippen molar-refractivity contribution < 1.29 is 48.8 Å². The van der Waals surface area contributed by atoms with Gasteiger partial charge in [-0.25, -0.2) is 9.36 Å². The van der Waals surface area contributed by atoms with Crippen molar-refractivity contribution >= 4 is 13.8 Å². The Hall–Kier alpha value is -0.580. The van der Waals surface area contributed by atoms with Crippen LogP contribution >= 0.6 is 7.82 Å². The van der Waals surface area contributed by atoms with Gasteiger partial charge in [0.05, 0.1) is 13.2 Å². The van der Waals surface area contributed by atoms with Crippen LogP contribution in [0.15, 0.2) is 0 Å². The summed E-state index contributed by atoms with van der Waals surface area (Å²) in [5.41, 5.74) is 0. The second-order valence-corrected chi connectivity index (χ2v) is 5.89. The van der Waals surface area contributed by atoms with Crippen molar-refractivity contribution in [3.63, 3.8) is 0 Å². The van der Waals surface area contributed by atoms with E-state index in [9.17, 15) is 29.8 Å². The Balaban J connectivity index is 4.31. The van der Waals surface area contributed by atoms with E-state index in [0.717, 1.165) is 12.8 Å². The van der Waals surface area contributed by atoms with E-state index in [0.29, 0.717) is 6.42 Å². The molecule has 22 heavy (non-hydrogen) atoms. The third kappa shape index (κ3) is 8.76. The van der Waals surface area contributed by atoms with E-state index in [1.807, 2.05) is 6.92 Å². The molecular weight excluding hydrogens is 323 g/mol. The summed E-state index contributed by atoms with van der Waals surface area (Å²) in [5, 5.41) is 37.9. The zero-order chi connectivity index (χ0) is 17.3. The Bertz CT molecular complexity index is 370. The molecule has 4 atom stereocenters. The van der Waals surface area contributed by atoms with Crippen molar-refractivity contribution in [2.45, 2.75) is 50.6 Å². The molecule has 0 saturated heterocycles. The Morgan fingerprint density at radius 3 is 2.18 bits per heavy atom. The molecule has 132 valence electrons. The molecule has 0 bridgehead atoms. The number of unbranched alkanes of at least 4 members (excludes halogenated alkanes) is 2. The molecule has 0 saturated carbocycles. The standard InChI is InChI=1S/C11H23O10P/c1-2-3-4-5-20-11(16)10(15)9(14)8(13)7(12)6-21-22(17,18)19/h7-10,12-15H,2-6H2,1H3,(H2,17,18,19)/t7-,8-,9+,10-/m1/s1. The first-order valence-electron chi connectivity index (χ1n) is 6.69. The predicted octanol–water partition coefficient (Wildman–Crippen LogP) is -1.73. The Morgan fingerprint density at radius 1 is 1.09 bits per heavy atom. The largest absolute Gasteiger partial charge is 0.469 e. The van der Waals surface area contributed by atoms with Crippen LogP contribution in [0.5, 0.6) is 0 Å². The van der Waals surface area contributed by atoms with Crippen LogP contribution in [0.1, 0.15) is 26.2 Å². The fourth-order valence-corrected chi connectivity index (χ4v) is 1.78. The molecule has 0 amide bonds. The number of aliphatic hydroxyl groups is 4. The first-order valence-corrected chi connectivity index (χ1v) is 8.22. The SMILES string of the molecule is CCCCCOC(=O)[C@H](O)[C@@H](O)[C@H](O)[C@H](O)COP(=O)(O)O. The van der Waals surface area contributed by atoms with E-state index in [-0.39, 0.29) is 6.61 Å². The van der Waals surface area contributed by atoms with Gasteiger partial charge in [-0.3, -0.25) is 4.52 Å². The maximum absolute atomic E-state index is 11.4. The Morgan fingerprint density at radius 2 is 1.68 bits per heavy atom. The lowest BCUT2D eigenvalue weighted by molar-refractivity contribution is -0.170. The second-order valence-electron chi connectivity index (χ2n) is 4.65. The normalized spacial score (nSPS) is 17.6. The van der Waals surface area contributed by atoms with Crippen LogP contribution in [0.2, 0.25) is 0 Å². The Labute approximate surface area is 127 Å². The summed E-state index contributed by atoms with van der Waals surface area (Å²) in [4.78, 5) is 28.3. The van der Waals surface area contributed by atoms with E-state index in [1.165, 1.54) is 0 Å². The summed E-state index contributed by atoms with van der Waals surface area (Å²) in [6, 6.07) is 0. The van der Waals surface area contributed by atoms with Gasteiger partial charge in [-0.1, -0.05) is 19.8 Å². The minimum atomic E-state index is -4.86. The van der Waals surface area contributed by atoms with E-state index >= 15 is 0 Å². The molecule has 0 aromatic heterocycles. The van der Waals surface area contributed by atoms with Gasteiger partial charge in [0.25, 0.3) is 0 Å². The number of phosphoric ester groups is 1. The molecule has 10 nitrogen and oxygen atoms in total. The number of rotatable bonds is 11. The molecule has 0 aliphatic rings. The molecule has 0 heterocycles. The number of esters is 1. The highest BCUT2D eigenvalue weighted by molar-refractivity contribution is 7.46. The lowest BCUT2D eigenvalue weighted by Crippen LogP contribution is -2.49. The van der Waals surface area contributed by atoms with Crippen LogP contribution in [-0.2, 0) is 18.6 Å². The van der Waals surface area contributed by atoms with Crippen LogP contribution in [0.25, 0.3) is 0 Å². The van der Waals surface area contributed by atoms with E-state index in [1.54, 1.807) is 0 Å². The molecule has 0 radical (unpaired) electrons. The smallest absolute Gasteiger partial charge is 0.464 e. The number of phosphoric acid groups is 1. The highest BCUT2D eigenvalue weighted by atomic mass is 31.2. The molecule has 0 rings (SSSR count). The van der Waals surface area contributed by atoms with Gasteiger partial charge in [0.2, 0.25) is 0 Å². The van der Waals surface area contributed by atoms with E-state index in [2.05, 4.69) is 9.26 Å². The van der Waals surface area contributed by atoms with Gasteiger partial charge in [-0.15, -0.1) is 0 Å². The van der Waals surface area contributed by atoms with Crippen molar-refractivity contribution in [1.82, 2.24) is 0 Å². The summed E-state index contributed by atoms with van der Waals surface area (Å²) in [6.07, 6.45) is -5.92. The summed E-state index contributed by atoms with van der Waals surface area (Å²) < 4.78 is 19.1. The molecule has 6 N–H and O–H groups in total. The Kier molecular flexibility index (Phi) is 9.97. The van der Waals surface area contributed by atoms with Gasteiger partial charge in [-0.2, -0.15) is 0 Å².